The fraction of sp³-hybridized carbons (Fsp3) is 0.235. The van der Waals surface area contributed by atoms with Crippen molar-refractivity contribution < 1.29 is 9.18 Å². The minimum absolute atomic E-state index is 0.0866. The summed E-state index contributed by atoms with van der Waals surface area (Å²) in [5.41, 5.74) is 3.77. The van der Waals surface area contributed by atoms with E-state index in [1.807, 2.05) is 19.1 Å². The van der Waals surface area contributed by atoms with E-state index in [4.69, 9.17) is 0 Å². The highest BCUT2D eigenvalue weighted by molar-refractivity contribution is 5.93. The molecule has 21 heavy (non-hydrogen) atoms. The lowest BCUT2D eigenvalue weighted by Gasteiger charge is -2.08. The fourth-order valence-corrected chi connectivity index (χ4v) is 2.12. The summed E-state index contributed by atoms with van der Waals surface area (Å²) < 4.78 is 13.0. The molecule has 3 nitrogen and oxygen atoms in total. The monoisotopic (exact) mass is 286 g/mol. The molecule has 4 heteroatoms. The van der Waals surface area contributed by atoms with Crippen LogP contribution in [0.15, 0.2) is 42.5 Å². The predicted octanol–water partition coefficient (Wildman–Crippen LogP) is 2.78. The van der Waals surface area contributed by atoms with Crippen molar-refractivity contribution in [3.05, 3.63) is 70.5 Å². The summed E-state index contributed by atoms with van der Waals surface area (Å²) in [4.78, 5) is 11.4. The van der Waals surface area contributed by atoms with Crippen molar-refractivity contribution in [2.24, 2.45) is 0 Å². The third kappa shape index (κ3) is 4.13. The maximum atomic E-state index is 13.0. The Morgan fingerprint density at radius 1 is 1.10 bits per heavy atom. The maximum Gasteiger partial charge on any atom is 0.251 e. The second-order valence-electron chi connectivity index (χ2n) is 4.95. The highest BCUT2D eigenvalue weighted by atomic mass is 19.1. The Bertz CT molecular complexity index is 623. The van der Waals surface area contributed by atoms with Gasteiger partial charge in [0.05, 0.1) is 0 Å². The Balaban J connectivity index is 1.90. The van der Waals surface area contributed by atoms with Gasteiger partial charge in [-0.2, -0.15) is 0 Å². The van der Waals surface area contributed by atoms with Gasteiger partial charge in [0.15, 0.2) is 0 Å². The van der Waals surface area contributed by atoms with Crippen LogP contribution in [0.5, 0.6) is 0 Å². The Labute approximate surface area is 124 Å². The Morgan fingerprint density at radius 2 is 1.81 bits per heavy atom. The largest absolute Gasteiger partial charge is 0.355 e. The summed E-state index contributed by atoms with van der Waals surface area (Å²) in [5, 5.41) is 5.91. The molecule has 2 aromatic carbocycles. The molecule has 0 heterocycles. The van der Waals surface area contributed by atoms with E-state index in [0.29, 0.717) is 18.7 Å². The van der Waals surface area contributed by atoms with E-state index >= 15 is 0 Å². The summed E-state index contributed by atoms with van der Waals surface area (Å²) in [6.45, 7) is 3.28. The van der Waals surface area contributed by atoms with Crippen LogP contribution < -0.4 is 10.6 Å². The van der Waals surface area contributed by atoms with Crippen molar-refractivity contribution in [3.63, 3.8) is 0 Å². The van der Waals surface area contributed by atoms with Crippen LogP contribution in [0.3, 0.4) is 0 Å². The second-order valence-corrected chi connectivity index (χ2v) is 4.95. The van der Waals surface area contributed by atoms with Crippen molar-refractivity contribution in [2.75, 3.05) is 7.05 Å². The quantitative estimate of drug-likeness (QED) is 0.887. The normalized spacial score (nSPS) is 10.4. The number of aryl methyl sites for hydroxylation is 1. The molecule has 0 aliphatic rings. The lowest BCUT2D eigenvalue weighted by atomic mass is 10.1. The molecule has 2 aromatic rings. The van der Waals surface area contributed by atoms with Crippen molar-refractivity contribution in [1.82, 2.24) is 10.6 Å². The topological polar surface area (TPSA) is 41.1 Å². The SMILES string of the molecule is CNC(=O)c1ccc(CNCc2ccc(F)cc2C)cc1. The number of rotatable bonds is 5. The first-order valence-corrected chi connectivity index (χ1v) is 6.87. The van der Waals surface area contributed by atoms with Crippen molar-refractivity contribution in [3.8, 4) is 0 Å². The minimum atomic E-state index is -0.207. The van der Waals surface area contributed by atoms with E-state index in [1.54, 1.807) is 25.2 Å². The van der Waals surface area contributed by atoms with Crippen LogP contribution in [0.25, 0.3) is 0 Å². The number of amides is 1. The first-order valence-electron chi connectivity index (χ1n) is 6.87. The van der Waals surface area contributed by atoms with E-state index in [-0.39, 0.29) is 11.7 Å². The lowest BCUT2D eigenvalue weighted by molar-refractivity contribution is 0.0963. The molecule has 110 valence electrons. The first-order chi connectivity index (χ1) is 10.1. The number of hydrogen-bond acceptors (Lipinski definition) is 2. The Kier molecular flexibility index (Phi) is 5.06. The molecule has 0 saturated heterocycles. The highest BCUT2D eigenvalue weighted by Crippen LogP contribution is 2.10. The average Bonchev–Trinajstić information content (AvgIpc) is 2.49. The smallest absolute Gasteiger partial charge is 0.251 e. The van der Waals surface area contributed by atoms with Gasteiger partial charge in [0.1, 0.15) is 5.82 Å². The van der Waals surface area contributed by atoms with Crippen LogP contribution in [0.1, 0.15) is 27.0 Å². The van der Waals surface area contributed by atoms with Gasteiger partial charge in [0.25, 0.3) is 5.91 Å². The van der Waals surface area contributed by atoms with Gasteiger partial charge in [0, 0.05) is 25.7 Å². The number of carbonyl (C=O) groups is 1. The van der Waals surface area contributed by atoms with E-state index in [0.717, 1.165) is 16.7 Å². The zero-order valence-electron chi connectivity index (χ0n) is 12.2. The molecule has 0 aliphatic carbocycles. The van der Waals surface area contributed by atoms with Crippen LogP contribution in [0.2, 0.25) is 0 Å². The maximum absolute atomic E-state index is 13.0. The van der Waals surface area contributed by atoms with E-state index in [2.05, 4.69) is 10.6 Å². The molecule has 0 bridgehead atoms. The standard InChI is InChI=1S/C17H19FN2O/c1-12-9-16(18)8-7-15(12)11-20-10-13-3-5-14(6-4-13)17(21)19-2/h3-9,20H,10-11H2,1-2H3,(H,19,21). The molecule has 0 atom stereocenters. The van der Waals surface area contributed by atoms with Gasteiger partial charge < -0.3 is 10.6 Å². The molecule has 0 saturated carbocycles. The molecular weight excluding hydrogens is 267 g/mol. The fourth-order valence-electron chi connectivity index (χ4n) is 2.12. The van der Waals surface area contributed by atoms with Gasteiger partial charge in [-0.25, -0.2) is 4.39 Å². The molecule has 2 N–H and O–H groups in total. The van der Waals surface area contributed by atoms with Crippen LogP contribution in [-0.2, 0) is 13.1 Å². The van der Waals surface area contributed by atoms with Gasteiger partial charge in [-0.15, -0.1) is 0 Å². The summed E-state index contributed by atoms with van der Waals surface area (Å²) >= 11 is 0. The van der Waals surface area contributed by atoms with Gasteiger partial charge in [0.2, 0.25) is 0 Å². The first kappa shape index (κ1) is 15.2. The van der Waals surface area contributed by atoms with Gasteiger partial charge in [-0.3, -0.25) is 4.79 Å². The molecule has 0 radical (unpaired) electrons. The van der Waals surface area contributed by atoms with E-state index in [1.165, 1.54) is 12.1 Å². The molecule has 0 aliphatic heterocycles. The van der Waals surface area contributed by atoms with Gasteiger partial charge in [-0.05, 0) is 47.9 Å². The molecule has 1 amide bonds. The van der Waals surface area contributed by atoms with Crippen LogP contribution in [-0.4, -0.2) is 13.0 Å². The molecule has 0 unspecified atom stereocenters. The average molecular weight is 286 g/mol. The minimum Gasteiger partial charge on any atom is -0.355 e. The van der Waals surface area contributed by atoms with Gasteiger partial charge >= 0.3 is 0 Å². The third-order valence-electron chi connectivity index (χ3n) is 3.39. The van der Waals surface area contributed by atoms with E-state index in [9.17, 15) is 9.18 Å². The molecule has 2 rings (SSSR count). The van der Waals surface area contributed by atoms with Crippen LogP contribution >= 0.6 is 0 Å². The predicted molar refractivity (Wildman–Crippen MR) is 81.5 cm³/mol. The zero-order valence-corrected chi connectivity index (χ0v) is 12.2. The van der Waals surface area contributed by atoms with Crippen molar-refractivity contribution in [2.45, 2.75) is 20.0 Å². The Morgan fingerprint density at radius 3 is 2.43 bits per heavy atom. The number of carbonyl (C=O) groups excluding carboxylic acids is 1. The lowest BCUT2D eigenvalue weighted by Crippen LogP contribution is -2.18. The number of nitrogens with one attached hydrogen (secondary N) is 2. The number of benzene rings is 2. The number of halogens is 1. The molecule has 0 fully saturated rings. The van der Waals surface area contributed by atoms with Crippen LogP contribution in [0.4, 0.5) is 4.39 Å². The molecule has 0 aromatic heterocycles. The van der Waals surface area contributed by atoms with E-state index < -0.39 is 0 Å². The summed E-state index contributed by atoms with van der Waals surface area (Å²) in [7, 11) is 1.61. The number of hydrogen-bond donors (Lipinski definition) is 2. The van der Waals surface area contributed by atoms with Crippen molar-refractivity contribution in [1.29, 1.82) is 0 Å². The second kappa shape index (κ2) is 6.99. The zero-order chi connectivity index (χ0) is 15.2. The summed E-state index contributed by atoms with van der Waals surface area (Å²) in [6, 6.07) is 12.3. The summed E-state index contributed by atoms with van der Waals surface area (Å²) in [5.74, 6) is -0.294. The molecular formula is C17H19FN2O. The summed E-state index contributed by atoms with van der Waals surface area (Å²) in [6.07, 6.45) is 0. The van der Waals surface area contributed by atoms with Crippen LogP contribution in [0, 0.1) is 12.7 Å². The van der Waals surface area contributed by atoms with Gasteiger partial charge in [-0.1, -0.05) is 18.2 Å². The Hall–Kier alpha value is -2.20. The third-order valence-corrected chi connectivity index (χ3v) is 3.39. The van der Waals surface area contributed by atoms with Crippen molar-refractivity contribution >= 4 is 5.91 Å². The highest BCUT2D eigenvalue weighted by Gasteiger charge is 2.03. The molecule has 0 spiro atoms.